The Morgan fingerprint density at radius 1 is 1.38 bits per heavy atom. The van der Waals surface area contributed by atoms with Gasteiger partial charge in [-0.05, 0) is 6.26 Å². The van der Waals surface area contributed by atoms with Gasteiger partial charge in [0.15, 0.2) is 23.2 Å². The Hall–Kier alpha value is -1.49. The molecule has 2 aromatic rings. The molecule has 8 nitrogen and oxygen atoms in total. The van der Waals surface area contributed by atoms with Crippen molar-refractivity contribution in [2.24, 2.45) is 0 Å². The first-order chi connectivity index (χ1) is 10.0. The van der Waals surface area contributed by atoms with Crippen LogP contribution >= 0.6 is 11.8 Å². The average molecular weight is 315 g/mol. The minimum atomic E-state index is -1.45. The van der Waals surface area contributed by atoms with Crippen molar-refractivity contribution in [3.05, 3.63) is 12.7 Å². The Balaban J connectivity index is 1.98. The molecule has 2 aromatic heterocycles. The summed E-state index contributed by atoms with van der Waals surface area (Å²) in [6.07, 6.45) is -0.578. The number of aliphatic hydroxyl groups excluding tert-OH is 2. The van der Waals surface area contributed by atoms with Crippen LogP contribution in [-0.2, 0) is 4.74 Å². The quantitative estimate of drug-likeness (QED) is 0.705. The number of hydrogen-bond acceptors (Lipinski definition) is 8. The predicted octanol–water partition coefficient (Wildman–Crippen LogP) is -0.314. The Labute approximate surface area is 123 Å². The fourth-order valence-corrected chi connectivity index (χ4v) is 2.82. The van der Waals surface area contributed by atoms with Crippen LogP contribution in [0.5, 0.6) is 0 Å². The van der Waals surface area contributed by atoms with Crippen LogP contribution in [-0.4, -0.2) is 59.8 Å². The topological polar surface area (TPSA) is 119 Å². The first-order valence-corrected chi connectivity index (χ1v) is 7.45. The van der Waals surface area contributed by atoms with E-state index in [2.05, 4.69) is 15.0 Å². The highest BCUT2D eigenvalue weighted by Crippen LogP contribution is 2.36. The minimum Gasteiger partial charge on any atom is -0.387 e. The van der Waals surface area contributed by atoms with Gasteiger partial charge in [0.25, 0.3) is 0 Å². The van der Waals surface area contributed by atoms with Gasteiger partial charge in [0, 0.05) is 0 Å². The number of aliphatic hydroxyl groups is 2. The van der Waals surface area contributed by atoms with Crippen molar-refractivity contribution in [1.29, 1.82) is 0 Å². The number of aromatic nitrogens is 4. The van der Waals surface area contributed by atoms with Crippen LogP contribution in [0.15, 0.2) is 12.7 Å². The summed E-state index contributed by atoms with van der Waals surface area (Å²) in [5, 5.41) is 20.0. The maximum Gasteiger partial charge on any atom is 0.174 e. The van der Waals surface area contributed by atoms with Crippen LogP contribution in [0.3, 0.4) is 0 Å². The first kappa shape index (κ1) is 14.4. The molecule has 10 heteroatoms. The molecule has 1 unspecified atom stereocenters. The van der Waals surface area contributed by atoms with Gasteiger partial charge < -0.3 is 20.7 Å². The number of ether oxygens (including phenoxy) is 1. The van der Waals surface area contributed by atoms with Gasteiger partial charge in [-0.3, -0.25) is 4.57 Å². The van der Waals surface area contributed by atoms with Gasteiger partial charge in [0.1, 0.15) is 30.2 Å². The molecule has 5 atom stereocenters. The van der Waals surface area contributed by atoms with E-state index in [-0.39, 0.29) is 5.82 Å². The molecule has 0 saturated carbocycles. The van der Waals surface area contributed by atoms with E-state index in [0.29, 0.717) is 11.2 Å². The molecule has 3 rings (SSSR count). The zero-order valence-electron chi connectivity index (χ0n) is 11.0. The predicted molar refractivity (Wildman–Crippen MR) is 74.1 cm³/mol. The van der Waals surface area contributed by atoms with Crippen LogP contribution in [0, 0.1) is 0 Å². The minimum absolute atomic E-state index is 0.191. The van der Waals surface area contributed by atoms with E-state index in [1.807, 2.05) is 0 Å². The van der Waals surface area contributed by atoms with E-state index in [9.17, 15) is 14.6 Å². The van der Waals surface area contributed by atoms with Gasteiger partial charge in [-0.1, -0.05) is 0 Å². The summed E-state index contributed by atoms with van der Waals surface area (Å²) >= 11 is 0.900. The number of halogens is 1. The second-order valence-corrected chi connectivity index (χ2v) is 5.56. The highest BCUT2D eigenvalue weighted by Gasteiger charge is 2.47. The van der Waals surface area contributed by atoms with Crippen LogP contribution in [0.25, 0.3) is 11.2 Å². The number of thioether (sulfide) groups is 1. The summed E-state index contributed by atoms with van der Waals surface area (Å²) in [4.78, 5) is 11.9. The van der Waals surface area contributed by atoms with Crippen LogP contribution in [0.1, 0.15) is 6.23 Å². The number of nitrogens with zero attached hydrogens (tertiary/aromatic N) is 4. The van der Waals surface area contributed by atoms with E-state index in [1.54, 1.807) is 6.26 Å². The molecule has 114 valence electrons. The van der Waals surface area contributed by atoms with Crippen molar-refractivity contribution in [2.45, 2.75) is 30.0 Å². The Morgan fingerprint density at radius 2 is 2.14 bits per heavy atom. The second-order valence-electron chi connectivity index (χ2n) is 4.64. The summed E-state index contributed by atoms with van der Waals surface area (Å²) in [6, 6.07) is 0. The van der Waals surface area contributed by atoms with E-state index < -0.39 is 30.0 Å². The molecule has 0 aliphatic carbocycles. The monoisotopic (exact) mass is 315 g/mol. The van der Waals surface area contributed by atoms with E-state index >= 15 is 0 Å². The lowest BCUT2D eigenvalue weighted by Gasteiger charge is -2.17. The molecule has 1 saturated heterocycles. The molecule has 1 fully saturated rings. The maximum absolute atomic E-state index is 13.8. The molecule has 1 aliphatic heterocycles. The molecule has 0 spiro atoms. The first-order valence-electron chi connectivity index (χ1n) is 6.16. The smallest absolute Gasteiger partial charge is 0.174 e. The molecule has 0 bridgehead atoms. The Bertz CT molecular complexity index is 656. The third-order valence-electron chi connectivity index (χ3n) is 3.42. The SMILES string of the molecule is CSC(F)[C@H]1O[C@@H](n2cnc3c(N)ncnc32)[C@@H](O)[C@@H]1O. The fourth-order valence-electron chi connectivity index (χ4n) is 2.32. The molecular formula is C11H14FN5O3S. The van der Waals surface area contributed by atoms with Crippen molar-refractivity contribution in [3.8, 4) is 0 Å². The van der Waals surface area contributed by atoms with Crippen molar-refractivity contribution < 1.29 is 19.3 Å². The number of alkyl halides is 1. The highest BCUT2D eigenvalue weighted by atomic mass is 32.2. The van der Waals surface area contributed by atoms with Crippen LogP contribution < -0.4 is 5.73 Å². The normalized spacial score (nSPS) is 30.9. The third kappa shape index (κ3) is 2.24. The number of rotatable bonds is 3. The standard InChI is InChI=1S/C11H14FN5O3S/c1-21-8(12)7-5(18)6(19)11(20-7)17-3-16-4-9(13)14-2-15-10(4)17/h2-3,5-8,11,18-19H,1H3,(H2,13,14,15)/t5-,6-,7-,8?,11+/m0/s1. The number of fused-ring (bicyclic) bond motifs is 1. The van der Waals surface area contributed by atoms with E-state index in [1.165, 1.54) is 17.2 Å². The van der Waals surface area contributed by atoms with Crippen molar-refractivity contribution in [1.82, 2.24) is 19.5 Å². The largest absolute Gasteiger partial charge is 0.387 e. The zero-order chi connectivity index (χ0) is 15.1. The van der Waals surface area contributed by atoms with Gasteiger partial charge in [-0.2, -0.15) is 0 Å². The molecule has 4 N–H and O–H groups in total. The van der Waals surface area contributed by atoms with Crippen molar-refractivity contribution in [2.75, 3.05) is 12.0 Å². The molecule has 3 heterocycles. The molecule has 0 aromatic carbocycles. The lowest BCUT2D eigenvalue weighted by atomic mass is 10.1. The van der Waals surface area contributed by atoms with E-state index in [4.69, 9.17) is 10.5 Å². The van der Waals surface area contributed by atoms with Crippen molar-refractivity contribution in [3.63, 3.8) is 0 Å². The van der Waals surface area contributed by atoms with Gasteiger partial charge in [-0.15, -0.1) is 11.8 Å². The summed E-state index contributed by atoms with van der Waals surface area (Å²) in [7, 11) is 0. The van der Waals surface area contributed by atoms with Gasteiger partial charge >= 0.3 is 0 Å². The fraction of sp³-hybridized carbons (Fsp3) is 0.545. The number of imidazole rings is 1. The zero-order valence-corrected chi connectivity index (χ0v) is 11.8. The number of anilines is 1. The third-order valence-corrected chi connectivity index (χ3v) is 4.14. The molecule has 21 heavy (non-hydrogen) atoms. The second kappa shape index (κ2) is 5.37. The molecular weight excluding hydrogens is 301 g/mol. The van der Waals surface area contributed by atoms with Gasteiger partial charge in [0.05, 0.1) is 6.33 Å². The van der Waals surface area contributed by atoms with Crippen LogP contribution in [0.2, 0.25) is 0 Å². The summed E-state index contributed by atoms with van der Waals surface area (Å²) < 4.78 is 20.6. The van der Waals surface area contributed by atoms with Crippen molar-refractivity contribution >= 4 is 28.7 Å². The lowest BCUT2D eigenvalue weighted by molar-refractivity contribution is -0.0460. The van der Waals surface area contributed by atoms with E-state index in [0.717, 1.165) is 11.8 Å². The highest BCUT2D eigenvalue weighted by molar-refractivity contribution is 7.99. The number of hydrogen-bond donors (Lipinski definition) is 3. The number of nitrogen functional groups attached to an aromatic ring is 1. The Kier molecular flexibility index (Phi) is 3.69. The molecule has 1 aliphatic rings. The Morgan fingerprint density at radius 3 is 2.86 bits per heavy atom. The van der Waals surface area contributed by atoms with Gasteiger partial charge in [-0.25, -0.2) is 19.3 Å². The molecule has 0 radical (unpaired) electrons. The summed E-state index contributed by atoms with van der Waals surface area (Å²) in [5.74, 6) is 0.191. The maximum atomic E-state index is 13.8. The summed E-state index contributed by atoms with van der Waals surface area (Å²) in [6.45, 7) is 0. The van der Waals surface area contributed by atoms with Gasteiger partial charge in [0.2, 0.25) is 0 Å². The molecule has 0 amide bonds. The number of nitrogens with two attached hydrogens (primary N) is 1. The lowest BCUT2D eigenvalue weighted by Crippen LogP contribution is -2.35. The average Bonchev–Trinajstić information content (AvgIpc) is 3.02. The summed E-state index contributed by atoms with van der Waals surface area (Å²) in [5.41, 5.74) is 4.94. The van der Waals surface area contributed by atoms with Crippen LogP contribution in [0.4, 0.5) is 10.2 Å².